The van der Waals surface area contributed by atoms with Crippen LogP contribution in [0, 0.1) is 0 Å². The molecule has 0 bridgehead atoms. The van der Waals surface area contributed by atoms with E-state index in [0.717, 1.165) is 18.1 Å². The third-order valence-electron chi connectivity index (χ3n) is 6.82. The molecule has 1 aliphatic rings. The van der Waals surface area contributed by atoms with Crippen LogP contribution in [0.5, 0.6) is 5.88 Å². The minimum absolute atomic E-state index is 0.0827. The Balaban J connectivity index is 1.25. The molecule has 14 nitrogen and oxygen atoms in total. The molecule has 4 aromatic heterocycles. The lowest BCUT2D eigenvalue weighted by Crippen LogP contribution is -2.44. The number of morpholine rings is 1. The van der Waals surface area contributed by atoms with Crippen molar-refractivity contribution in [1.82, 2.24) is 35.0 Å². The van der Waals surface area contributed by atoms with E-state index in [4.69, 9.17) is 9.47 Å². The number of hydrogen-bond donors (Lipinski definition) is 4. The number of carbonyl (C=O) groups excluding carboxylic acids is 1. The van der Waals surface area contributed by atoms with Crippen LogP contribution in [-0.4, -0.2) is 81.8 Å². The zero-order chi connectivity index (χ0) is 30.1. The Morgan fingerprint density at radius 3 is 2.67 bits per heavy atom. The van der Waals surface area contributed by atoms with Gasteiger partial charge in [-0.3, -0.25) is 19.5 Å². The standard InChI is InChI=1S/C27H29N9O5S2/c1-15-10-36(11-16(2)41-15)12-24-32-23(13-42-24)26(37)33-20-4-17(5-21-19(20)8-31-34-21)18-6-22(27(40-3)29-7-18)35-43(38,39)25-9-28-14-30-25/h4-9,13-16,35H,10-12H2,1-3H3,(H,28,30)(H,31,34)(H,33,37)/t15-,16+. The van der Waals surface area contributed by atoms with Gasteiger partial charge in [0.2, 0.25) is 5.88 Å². The largest absolute Gasteiger partial charge is 0.480 e. The number of sulfonamides is 1. The molecule has 0 unspecified atom stereocenters. The van der Waals surface area contributed by atoms with Crippen LogP contribution in [-0.2, 0) is 21.3 Å². The minimum atomic E-state index is -4.00. The number of pyridine rings is 1. The highest BCUT2D eigenvalue weighted by Crippen LogP contribution is 2.34. The second-order valence-electron chi connectivity index (χ2n) is 10.2. The molecule has 6 rings (SSSR count). The Morgan fingerprint density at radius 2 is 1.93 bits per heavy atom. The van der Waals surface area contributed by atoms with E-state index >= 15 is 0 Å². The number of benzene rings is 1. The highest BCUT2D eigenvalue weighted by atomic mass is 32.2. The molecule has 2 atom stereocenters. The molecule has 0 spiro atoms. The summed E-state index contributed by atoms with van der Waals surface area (Å²) in [6.07, 6.45) is 6.00. The van der Waals surface area contributed by atoms with Crippen molar-refractivity contribution < 1.29 is 22.7 Å². The number of hydrogen-bond acceptors (Lipinski definition) is 11. The molecule has 1 fully saturated rings. The van der Waals surface area contributed by atoms with Gasteiger partial charge in [0.1, 0.15) is 16.4 Å². The number of fused-ring (bicyclic) bond motifs is 1. The molecule has 224 valence electrons. The average Bonchev–Trinajstić information content (AvgIpc) is 3.75. The van der Waals surface area contributed by atoms with Crippen LogP contribution < -0.4 is 14.8 Å². The van der Waals surface area contributed by atoms with Gasteiger partial charge in [0.25, 0.3) is 15.9 Å². The zero-order valence-corrected chi connectivity index (χ0v) is 25.1. The van der Waals surface area contributed by atoms with E-state index in [0.29, 0.717) is 40.0 Å². The monoisotopic (exact) mass is 623 g/mol. The highest BCUT2D eigenvalue weighted by Gasteiger charge is 2.24. The van der Waals surface area contributed by atoms with Crippen molar-refractivity contribution in [2.24, 2.45) is 0 Å². The molecule has 0 aliphatic carbocycles. The van der Waals surface area contributed by atoms with Crippen LogP contribution in [0.3, 0.4) is 0 Å². The number of nitrogens with one attached hydrogen (secondary N) is 4. The molecule has 1 amide bonds. The Labute approximate surface area is 250 Å². The van der Waals surface area contributed by atoms with Crippen LogP contribution in [0.15, 0.2) is 53.5 Å². The summed E-state index contributed by atoms with van der Waals surface area (Å²) in [5.74, 6) is -0.273. The van der Waals surface area contributed by atoms with Crippen LogP contribution in [0.25, 0.3) is 22.0 Å². The third-order valence-corrected chi connectivity index (χ3v) is 8.91. The summed E-state index contributed by atoms with van der Waals surface area (Å²) >= 11 is 1.44. The van der Waals surface area contributed by atoms with E-state index in [1.54, 1.807) is 29.9 Å². The number of aromatic nitrogens is 6. The van der Waals surface area contributed by atoms with Gasteiger partial charge in [-0.15, -0.1) is 11.3 Å². The van der Waals surface area contributed by atoms with Gasteiger partial charge in [-0.25, -0.2) is 15.0 Å². The SMILES string of the molecule is COc1ncc(-c2cc(NC(=O)c3csc(CN4C[C@@H](C)O[C@@H](C)C4)n3)c3cn[nH]c3c2)cc1NS(=O)(=O)c1c[nH]cn1. The van der Waals surface area contributed by atoms with Crippen molar-refractivity contribution in [2.45, 2.75) is 37.6 Å². The Kier molecular flexibility index (Phi) is 7.83. The number of nitrogens with zero attached hydrogens (tertiary/aromatic N) is 5. The van der Waals surface area contributed by atoms with Crippen LogP contribution in [0.2, 0.25) is 0 Å². The van der Waals surface area contributed by atoms with Crippen molar-refractivity contribution in [3.63, 3.8) is 0 Å². The molecule has 1 aromatic carbocycles. The molecule has 1 saturated heterocycles. The second-order valence-corrected chi connectivity index (χ2v) is 12.8. The van der Waals surface area contributed by atoms with Crippen molar-refractivity contribution in [3.05, 3.63) is 59.2 Å². The van der Waals surface area contributed by atoms with Gasteiger partial charge in [0.05, 0.1) is 49.6 Å². The maximum absolute atomic E-state index is 13.3. The smallest absolute Gasteiger partial charge is 0.281 e. The number of imidazole rings is 1. The molecule has 16 heteroatoms. The summed E-state index contributed by atoms with van der Waals surface area (Å²) in [6, 6.07) is 5.20. The molecule has 1 aliphatic heterocycles. The number of rotatable bonds is 9. The summed E-state index contributed by atoms with van der Waals surface area (Å²) < 4.78 is 39.2. The molecule has 5 aromatic rings. The van der Waals surface area contributed by atoms with E-state index in [1.807, 2.05) is 6.07 Å². The second kappa shape index (κ2) is 11.7. The normalized spacial score (nSPS) is 17.7. The number of amides is 1. The lowest BCUT2D eigenvalue weighted by Gasteiger charge is -2.34. The van der Waals surface area contributed by atoms with E-state index in [-0.39, 0.29) is 34.7 Å². The molecule has 43 heavy (non-hydrogen) atoms. The molecular formula is C27H29N9O5S2. The van der Waals surface area contributed by atoms with E-state index in [1.165, 1.54) is 31.0 Å². The van der Waals surface area contributed by atoms with E-state index < -0.39 is 10.0 Å². The number of carbonyl (C=O) groups is 1. The van der Waals surface area contributed by atoms with Crippen molar-refractivity contribution in [3.8, 4) is 17.0 Å². The fourth-order valence-corrected chi connectivity index (χ4v) is 6.81. The van der Waals surface area contributed by atoms with Crippen molar-refractivity contribution in [2.75, 3.05) is 30.2 Å². The first-order chi connectivity index (χ1) is 20.7. The number of thiazole rings is 1. The fraction of sp³-hybridized carbons (Fsp3) is 0.296. The number of methoxy groups -OCH3 is 1. The maximum Gasteiger partial charge on any atom is 0.281 e. The lowest BCUT2D eigenvalue weighted by molar-refractivity contribution is -0.0705. The first-order valence-corrected chi connectivity index (χ1v) is 15.7. The summed E-state index contributed by atoms with van der Waals surface area (Å²) in [6.45, 7) is 6.37. The van der Waals surface area contributed by atoms with Gasteiger partial charge in [-0.05, 0) is 37.6 Å². The maximum atomic E-state index is 13.3. The van der Waals surface area contributed by atoms with Gasteiger partial charge in [-0.1, -0.05) is 0 Å². The van der Waals surface area contributed by atoms with Gasteiger partial charge in [0.15, 0.2) is 5.03 Å². The number of H-pyrrole nitrogens is 2. The summed E-state index contributed by atoms with van der Waals surface area (Å²) in [4.78, 5) is 30.9. The Hall–Kier alpha value is -4.38. The summed E-state index contributed by atoms with van der Waals surface area (Å²) in [5.41, 5.74) is 2.83. The van der Waals surface area contributed by atoms with Gasteiger partial charge in [0, 0.05) is 41.8 Å². The van der Waals surface area contributed by atoms with Gasteiger partial charge in [-0.2, -0.15) is 13.5 Å². The van der Waals surface area contributed by atoms with Crippen LogP contribution in [0.4, 0.5) is 11.4 Å². The highest BCUT2D eigenvalue weighted by molar-refractivity contribution is 7.92. The van der Waals surface area contributed by atoms with Gasteiger partial charge < -0.3 is 19.8 Å². The van der Waals surface area contributed by atoms with Gasteiger partial charge >= 0.3 is 0 Å². The molecule has 0 radical (unpaired) electrons. The van der Waals surface area contributed by atoms with Crippen molar-refractivity contribution in [1.29, 1.82) is 0 Å². The lowest BCUT2D eigenvalue weighted by atomic mass is 10.0. The van der Waals surface area contributed by atoms with Crippen molar-refractivity contribution >= 4 is 49.5 Å². The predicted molar refractivity (Wildman–Crippen MR) is 161 cm³/mol. The van der Waals surface area contributed by atoms with E-state index in [2.05, 4.69) is 58.9 Å². The zero-order valence-electron chi connectivity index (χ0n) is 23.5. The first kappa shape index (κ1) is 28.7. The fourth-order valence-electron chi connectivity index (χ4n) is 5.04. The molecule has 4 N–H and O–H groups in total. The quantitative estimate of drug-likeness (QED) is 0.190. The predicted octanol–water partition coefficient (Wildman–Crippen LogP) is 3.48. The number of aromatic amines is 2. The topological polar surface area (TPSA) is 180 Å². The Bertz CT molecular complexity index is 1860. The average molecular weight is 624 g/mol. The summed E-state index contributed by atoms with van der Waals surface area (Å²) in [7, 11) is -2.60. The molecule has 0 saturated carbocycles. The third kappa shape index (κ3) is 6.22. The molecule has 5 heterocycles. The van der Waals surface area contributed by atoms with Crippen LogP contribution in [0.1, 0.15) is 29.3 Å². The first-order valence-electron chi connectivity index (χ1n) is 13.3. The van der Waals surface area contributed by atoms with Crippen LogP contribution >= 0.6 is 11.3 Å². The summed E-state index contributed by atoms with van der Waals surface area (Å²) in [5, 5.41) is 13.2. The Morgan fingerprint density at radius 1 is 1.14 bits per heavy atom. The number of anilines is 2. The number of ether oxygens (including phenoxy) is 2. The van der Waals surface area contributed by atoms with E-state index in [9.17, 15) is 13.2 Å². The molecular weight excluding hydrogens is 594 g/mol. The minimum Gasteiger partial charge on any atom is -0.480 e.